The number of rotatable bonds is 6. The van der Waals surface area contributed by atoms with Crippen LogP contribution >= 0.6 is 11.6 Å². The summed E-state index contributed by atoms with van der Waals surface area (Å²) in [6.45, 7) is 9.38. The molecule has 2 N–H and O–H groups in total. The molecule has 1 aliphatic heterocycles. The Bertz CT molecular complexity index is 556. The van der Waals surface area contributed by atoms with Crippen molar-refractivity contribution in [2.45, 2.75) is 20.4 Å². The van der Waals surface area contributed by atoms with E-state index in [9.17, 15) is 4.39 Å². The lowest BCUT2D eigenvalue weighted by atomic mass is 10.2. The van der Waals surface area contributed by atoms with Crippen molar-refractivity contribution >= 4 is 17.6 Å². The second kappa shape index (κ2) is 9.94. The Hall–Kier alpha value is -1.37. The van der Waals surface area contributed by atoms with Crippen molar-refractivity contribution in [2.24, 2.45) is 10.9 Å². The molecule has 7 heteroatoms. The molecule has 0 aliphatic carbocycles. The van der Waals surface area contributed by atoms with Crippen LogP contribution in [0.25, 0.3) is 0 Å². The molecule has 5 nitrogen and oxygen atoms in total. The van der Waals surface area contributed by atoms with E-state index in [2.05, 4.69) is 20.1 Å². The number of benzene rings is 1. The second-order valence-corrected chi connectivity index (χ2v) is 6.85. The van der Waals surface area contributed by atoms with Crippen LogP contribution in [0.3, 0.4) is 0 Å². The molecule has 1 aliphatic rings. The topological polar surface area (TPSA) is 51.1 Å². The van der Waals surface area contributed by atoms with Gasteiger partial charge in [0, 0.05) is 63.0 Å². The Kier molecular flexibility index (Phi) is 7.93. The average Bonchev–Trinajstić information content (AvgIpc) is 2.62. The lowest BCUT2D eigenvalue weighted by Gasteiger charge is -2.36. The van der Waals surface area contributed by atoms with Crippen LogP contribution in [0.5, 0.6) is 0 Å². The molecule has 0 bridgehead atoms. The fraction of sp³-hybridized carbons (Fsp3) is 0.611. The Morgan fingerprint density at radius 1 is 1.36 bits per heavy atom. The number of hydrogen-bond donors (Lipinski definition) is 2. The maximum atomic E-state index is 13.9. The molecule has 140 valence electrons. The largest absolute Gasteiger partial charge is 0.396 e. The summed E-state index contributed by atoms with van der Waals surface area (Å²) in [5.41, 5.74) is 0.565. The summed E-state index contributed by atoms with van der Waals surface area (Å²) >= 11 is 6.13. The number of nitrogens with one attached hydrogen (secondary N) is 1. The highest BCUT2D eigenvalue weighted by molar-refractivity contribution is 6.31. The van der Waals surface area contributed by atoms with Gasteiger partial charge in [-0.05, 0) is 25.0 Å². The lowest BCUT2D eigenvalue weighted by molar-refractivity contribution is 0.170. The number of hydrogen-bond acceptors (Lipinski definition) is 3. The van der Waals surface area contributed by atoms with Crippen molar-refractivity contribution < 1.29 is 9.50 Å². The second-order valence-electron chi connectivity index (χ2n) is 6.45. The van der Waals surface area contributed by atoms with Crippen LogP contribution in [-0.2, 0) is 6.54 Å². The van der Waals surface area contributed by atoms with Gasteiger partial charge in [0.25, 0.3) is 0 Å². The van der Waals surface area contributed by atoms with Gasteiger partial charge < -0.3 is 15.3 Å². The van der Waals surface area contributed by atoms with Gasteiger partial charge in [-0.3, -0.25) is 9.89 Å². The molecule has 1 aromatic carbocycles. The first-order valence-electron chi connectivity index (χ1n) is 8.84. The number of halogens is 2. The minimum Gasteiger partial charge on any atom is -0.396 e. The van der Waals surface area contributed by atoms with Crippen LogP contribution in [-0.4, -0.2) is 66.7 Å². The van der Waals surface area contributed by atoms with Crippen molar-refractivity contribution in [3.05, 3.63) is 34.6 Å². The molecular formula is C18H28ClFN4O. The van der Waals surface area contributed by atoms with E-state index in [4.69, 9.17) is 16.7 Å². The Morgan fingerprint density at radius 3 is 2.68 bits per heavy atom. The average molecular weight is 371 g/mol. The number of aliphatic hydroxyl groups is 1. The molecule has 0 amide bonds. The van der Waals surface area contributed by atoms with Gasteiger partial charge in [-0.15, -0.1) is 0 Å². The number of aliphatic imine (C=N–C) groups is 1. The van der Waals surface area contributed by atoms with E-state index in [1.165, 1.54) is 6.07 Å². The summed E-state index contributed by atoms with van der Waals surface area (Å²) in [5, 5.41) is 12.9. The summed E-state index contributed by atoms with van der Waals surface area (Å²) < 4.78 is 13.9. The van der Waals surface area contributed by atoms with E-state index in [1.807, 2.05) is 13.8 Å². The van der Waals surface area contributed by atoms with Gasteiger partial charge >= 0.3 is 0 Å². The minimum absolute atomic E-state index is 0.139. The van der Waals surface area contributed by atoms with Crippen molar-refractivity contribution in [1.82, 2.24) is 15.1 Å². The molecule has 1 saturated heterocycles. The number of guanidine groups is 1. The number of piperazine rings is 1. The first-order chi connectivity index (χ1) is 12.0. The molecule has 0 radical (unpaired) electrons. The van der Waals surface area contributed by atoms with Crippen LogP contribution < -0.4 is 5.32 Å². The van der Waals surface area contributed by atoms with Crippen molar-refractivity contribution in [3.63, 3.8) is 0 Å². The third kappa shape index (κ3) is 5.83. The standard InChI is InChI=1S/C18H28ClFN4O/c1-3-21-18(22-11-14(2)13-25)24-9-7-23(8-10-24)12-15-16(19)5-4-6-17(15)20/h4-6,14,25H,3,7-13H2,1-2H3,(H,21,22). The highest BCUT2D eigenvalue weighted by Crippen LogP contribution is 2.21. The van der Waals surface area contributed by atoms with Gasteiger partial charge in [0.05, 0.1) is 0 Å². The van der Waals surface area contributed by atoms with Gasteiger partial charge in [0.2, 0.25) is 0 Å². The zero-order valence-electron chi connectivity index (χ0n) is 15.0. The minimum atomic E-state index is -0.247. The van der Waals surface area contributed by atoms with Crippen LogP contribution in [0.1, 0.15) is 19.4 Å². The summed E-state index contributed by atoms with van der Waals surface area (Å²) in [6, 6.07) is 4.82. The lowest BCUT2D eigenvalue weighted by Crippen LogP contribution is -2.52. The normalized spacial score (nSPS) is 17.6. The predicted octanol–water partition coefficient (Wildman–Crippen LogP) is 2.19. The molecule has 0 aromatic heterocycles. The smallest absolute Gasteiger partial charge is 0.194 e. The van der Waals surface area contributed by atoms with Crippen LogP contribution in [0.15, 0.2) is 23.2 Å². The van der Waals surface area contributed by atoms with Gasteiger partial charge in [0.1, 0.15) is 5.82 Å². The Morgan fingerprint density at radius 2 is 2.08 bits per heavy atom. The zero-order chi connectivity index (χ0) is 18.2. The molecule has 1 fully saturated rings. The van der Waals surface area contributed by atoms with E-state index < -0.39 is 0 Å². The Labute approximate surface area is 154 Å². The quantitative estimate of drug-likeness (QED) is 0.595. The fourth-order valence-electron chi connectivity index (χ4n) is 2.75. The van der Waals surface area contributed by atoms with Crippen LogP contribution in [0.4, 0.5) is 4.39 Å². The van der Waals surface area contributed by atoms with E-state index in [0.29, 0.717) is 23.7 Å². The highest BCUT2D eigenvalue weighted by Gasteiger charge is 2.21. The van der Waals surface area contributed by atoms with Crippen LogP contribution in [0.2, 0.25) is 5.02 Å². The summed E-state index contributed by atoms with van der Waals surface area (Å²) in [6.07, 6.45) is 0. The molecule has 2 rings (SSSR count). The van der Waals surface area contributed by atoms with Gasteiger partial charge in [-0.1, -0.05) is 24.6 Å². The molecule has 25 heavy (non-hydrogen) atoms. The first-order valence-corrected chi connectivity index (χ1v) is 9.22. The summed E-state index contributed by atoms with van der Waals surface area (Å²) in [4.78, 5) is 9.04. The highest BCUT2D eigenvalue weighted by atomic mass is 35.5. The molecule has 1 unspecified atom stereocenters. The molecule has 1 atom stereocenters. The van der Waals surface area contributed by atoms with Crippen molar-refractivity contribution in [3.8, 4) is 0 Å². The predicted molar refractivity (Wildman–Crippen MR) is 100 cm³/mol. The zero-order valence-corrected chi connectivity index (χ0v) is 15.8. The maximum absolute atomic E-state index is 13.9. The van der Waals surface area contributed by atoms with Crippen molar-refractivity contribution in [2.75, 3.05) is 45.9 Å². The van der Waals surface area contributed by atoms with E-state index in [-0.39, 0.29) is 18.3 Å². The van der Waals surface area contributed by atoms with Gasteiger partial charge in [0.15, 0.2) is 5.96 Å². The number of nitrogens with zero attached hydrogens (tertiary/aromatic N) is 3. The van der Waals surface area contributed by atoms with E-state index in [1.54, 1.807) is 12.1 Å². The molecule has 0 saturated carbocycles. The first kappa shape index (κ1) is 19.9. The summed E-state index contributed by atoms with van der Waals surface area (Å²) in [7, 11) is 0. The molecule has 1 aromatic rings. The third-order valence-corrected chi connectivity index (χ3v) is 4.67. The van der Waals surface area contributed by atoms with E-state index >= 15 is 0 Å². The molecule has 1 heterocycles. The fourth-order valence-corrected chi connectivity index (χ4v) is 2.97. The van der Waals surface area contributed by atoms with Gasteiger partial charge in [-0.25, -0.2) is 4.39 Å². The Balaban J connectivity index is 1.93. The third-order valence-electron chi connectivity index (χ3n) is 4.31. The van der Waals surface area contributed by atoms with Gasteiger partial charge in [-0.2, -0.15) is 0 Å². The maximum Gasteiger partial charge on any atom is 0.194 e. The number of aliphatic hydroxyl groups excluding tert-OH is 1. The van der Waals surface area contributed by atoms with Crippen molar-refractivity contribution in [1.29, 1.82) is 0 Å². The SMILES string of the molecule is CCNC(=NCC(C)CO)N1CCN(Cc2c(F)cccc2Cl)CC1. The molecular weight excluding hydrogens is 343 g/mol. The monoisotopic (exact) mass is 370 g/mol. The van der Waals surface area contributed by atoms with Crippen LogP contribution in [0, 0.1) is 11.7 Å². The summed E-state index contributed by atoms with van der Waals surface area (Å²) in [5.74, 6) is 0.785. The molecule has 0 spiro atoms. The van der Waals surface area contributed by atoms with E-state index in [0.717, 1.165) is 38.7 Å².